The fourth-order valence-electron chi connectivity index (χ4n) is 1.57. The molecule has 0 radical (unpaired) electrons. The Hall–Kier alpha value is -0.840. The van der Waals surface area contributed by atoms with Crippen molar-refractivity contribution in [2.75, 3.05) is 0 Å². The molecule has 1 heterocycles. The van der Waals surface area contributed by atoms with Crippen molar-refractivity contribution in [2.24, 2.45) is 11.8 Å². The van der Waals surface area contributed by atoms with Crippen molar-refractivity contribution in [2.45, 2.75) is 12.2 Å². The molecule has 2 unspecified atom stereocenters. The second-order valence-corrected chi connectivity index (χ2v) is 3.05. The summed E-state index contributed by atoms with van der Waals surface area (Å²) in [6.07, 6.45) is -2.80. The molecule has 5 heteroatoms. The summed E-state index contributed by atoms with van der Waals surface area (Å²) in [5.41, 5.74) is 0. The first kappa shape index (κ1) is 8.74. The van der Waals surface area contributed by atoms with Crippen LogP contribution in [-0.4, -0.2) is 12.2 Å². The van der Waals surface area contributed by atoms with Gasteiger partial charge in [0.15, 0.2) is 0 Å². The Morgan fingerprint density at radius 3 is 1.62 bits per heavy atom. The van der Waals surface area contributed by atoms with Gasteiger partial charge in [0.05, 0.1) is 11.8 Å². The molecule has 0 aromatic heterocycles. The molecule has 0 bridgehead atoms. The molecule has 1 aliphatic heterocycles. The fraction of sp³-hybridized carbons (Fsp3) is 0.500. The Morgan fingerprint density at radius 2 is 1.23 bits per heavy atom. The van der Waals surface area contributed by atoms with Crippen LogP contribution in [0.2, 0.25) is 0 Å². The molecule has 1 nitrogen and oxygen atoms in total. The summed E-state index contributed by atoms with van der Waals surface area (Å²) in [7, 11) is 0. The van der Waals surface area contributed by atoms with E-state index in [2.05, 4.69) is 4.74 Å². The summed E-state index contributed by atoms with van der Waals surface area (Å²) < 4.78 is 54.6. The molecule has 0 amide bonds. The Kier molecular flexibility index (Phi) is 1.58. The summed E-state index contributed by atoms with van der Waals surface area (Å²) in [5, 5.41) is 0. The van der Waals surface area contributed by atoms with E-state index < -0.39 is 24.1 Å². The van der Waals surface area contributed by atoms with Gasteiger partial charge in [-0.1, -0.05) is 24.3 Å². The lowest BCUT2D eigenvalue weighted by atomic mass is 9.89. The van der Waals surface area contributed by atoms with Crippen LogP contribution in [-0.2, 0) is 4.74 Å². The number of rotatable bonds is 0. The van der Waals surface area contributed by atoms with E-state index in [-0.39, 0.29) is 0 Å². The van der Waals surface area contributed by atoms with Crippen LogP contribution in [0, 0.1) is 11.8 Å². The van der Waals surface area contributed by atoms with Gasteiger partial charge in [-0.3, -0.25) is 4.74 Å². The molecule has 2 rings (SSSR count). The number of ether oxygens (including phenoxy) is 1. The van der Waals surface area contributed by atoms with Crippen LogP contribution in [0.4, 0.5) is 17.6 Å². The third-order valence-electron chi connectivity index (χ3n) is 2.18. The van der Waals surface area contributed by atoms with Crippen LogP contribution >= 0.6 is 0 Å². The minimum Gasteiger partial charge on any atom is -0.254 e. The van der Waals surface area contributed by atoms with Gasteiger partial charge in [0, 0.05) is 0 Å². The third kappa shape index (κ3) is 1.18. The lowest BCUT2D eigenvalue weighted by molar-refractivity contribution is -0.338. The molecule has 2 aliphatic rings. The lowest BCUT2D eigenvalue weighted by Crippen LogP contribution is -2.25. The van der Waals surface area contributed by atoms with E-state index in [0.717, 1.165) is 12.2 Å². The van der Waals surface area contributed by atoms with Gasteiger partial charge in [-0.05, 0) is 0 Å². The summed E-state index contributed by atoms with van der Waals surface area (Å²) in [4.78, 5) is 0. The normalized spacial score (nSPS) is 39.1. The molecule has 1 aliphatic carbocycles. The highest BCUT2D eigenvalue weighted by Gasteiger charge is 2.65. The van der Waals surface area contributed by atoms with Gasteiger partial charge in [-0.2, -0.15) is 17.6 Å². The first-order valence-electron chi connectivity index (χ1n) is 3.74. The molecule has 0 aromatic rings. The first-order valence-corrected chi connectivity index (χ1v) is 3.74. The average molecular weight is 194 g/mol. The van der Waals surface area contributed by atoms with Crippen molar-refractivity contribution in [1.29, 1.82) is 0 Å². The molecular formula is C8H6F4O. The van der Waals surface area contributed by atoms with Gasteiger partial charge in [-0.15, -0.1) is 0 Å². The molecule has 0 aromatic carbocycles. The quantitative estimate of drug-likeness (QED) is 0.538. The van der Waals surface area contributed by atoms with E-state index in [1.165, 1.54) is 12.2 Å². The summed E-state index contributed by atoms with van der Waals surface area (Å²) in [5.74, 6) is -3.10. The molecule has 2 atom stereocenters. The summed E-state index contributed by atoms with van der Waals surface area (Å²) >= 11 is 0. The van der Waals surface area contributed by atoms with Crippen molar-refractivity contribution in [1.82, 2.24) is 0 Å². The zero-order valence-electron chi connectivity index (χ0n) is 6.38. The van der Waals surface area contributed by atoms with Gasteiger partial charge in [0.1, 0.15) is 0 Å². The highest BCUT2D eigenvalue weighted by Crippen LogP contribution is 2.52. The average Bonchev–Trinajstić information content (AvgIpc) is 2.20. The van der Waals surface area contributed by atoms with Crippen LogP contribution in [0.1, 0.15) is 0 Å². The highest BCUT2D eigenvalue weighted by molar-refractivity contribution is 5.19. The van der Waals surface area contributed by atoms with Gasteiger partial charge in [0.2, 0.25) is 0 Å². The van der Waals surface area contributed by atoms with Crippen molar-refractivity contribution in [3.63, 3.8) is 0 Å². The second-order valence-electron chi connectivity index (χ2n) is 3.05. The van der Waals surface area contributed by atoms with Crippen molar-refractivity contribution >= 4 is 0 Å². The van der Waals surface area contributed by atoms with Crippen LogP contribution in [0.25, 0.3) is 0 Å². The second kappa shape index (κ2) is 2.35. The molecular weight excluding hydrogens is 188 g/mol. The number of allylic oxidation sites excluding steroid dienone is 2. The van der Waals surface area contributed by atoms with Gasteiger partial charge in [0.25, 0.3) is 0 Å². The maximum Gasteiger partial charge on any atom is 0.367 e. The van der Waals surface area contributed by atoms with E-state index in [4.69, 9.17) is 0 Å². The standard InChI is InChI=1S/C8H6F4O/c9-7(10)5-3-1-2-4-6(5)8(11,12)13-7/h1-6H. The van der Waals surface area contributed by atoms with Crippen LogP contribution in [0.5, 0.6) is 0 Å². The van der Waals surface area contributed by atoms with Crippen LogP contribution in [0.15, 0.2) is 24.3 Å². The van der Waals surface area contributed by atoms with E-state index >= 15 is 0 Å². The largest absolute Gasteiger partial charge is 0.367 e. The first-order chi connectivity index (χ1) is 5.93. The zero-order valence-corrected chi connectivity index (χ0v) is 6.38. The SMILES string of the molecule is FC1(F)OC(F)(F)C2C=CC=CC21. The summed E-state index contributed by atoms with van der Waals surface area (Å²) in [6.45, 7) is 0. The van der Waals surface area contributed by atoms with Crippen molar-refractivity contribution in [3.05, 3.63) is 24.3 Å². The molecule has 0 N–H and O–H groups in total. The molecule has 1 saturated heterocycles. The van der Waals surface area contributed by atoms with E-state index in [0.29, 0.717) is 0 Å². The zero-order chi connectivity index (χ0) is 9.69. The van der Waals surface area contributed by atoms with Gasteiger partial charge in [-0.25, -0.2) is 0 Å². The van der Waals surface area contributed by atoms with Crippen molar-refractivity contribution < 1.29 is 22.3 Å². The van der Waals surface area contributed by atoms with Gasteiger partial charge < -0.3 is 0 Å². The minimum atomic E-state index is -3.77. The van der Waals surface area contributed by atoms with Gasteiger partial charge >= 0.3 is 12.2 Å². The number of hydrogen-bond donors (Lipinski definition) is 0. The molecule has 0 saturated carbocycles. The molecule has 1 fully saturated rings. The molecule has 72 valence electrons. The smallest absolute Gasteiger partial charge is 0.254 e. The number of alkyl halides is 4. The number of halogens is 4. The lowest BCUT2D eigenvalue weighted by Gasteiger charge is -2.17. The predicted molar refractivity (Wildman–Crippen MR) is 36.2 cm³/mol. The predicted octanol–water partition coefficient (Wildman–Crippen LogP) is 2.56. The topological polar surface area (TPSA) is 9.23 Å². The minimum absolute atomic E-state index is 1.05. The maximum absolute atomic E-state index is 12.8. The maximum atomic E-state index is 12.8. The Morgan fingerprint density at radius 1 is 0.846 bits per heavy atom. The Bertz CT molecular complexity index is 254. The number of hydrogen-bond acceptors (Lipinski definition) is 1. The van der Waals surface area contributed by atoms with E-state index in [1.54, 1.807) is 0 Å². The van der Waals surface area contributed by atoms with E-state index in [1.807, 2.05) is 0 Å². The van der Waals surface area contributed by atoms with E-state index in [9.17, 15) is 17.6 Å². The van der Waals surface area contributed by atoms with Crippen LogP contribution < -0.4 is 0 Å². The van der Waals surface area contributed by atoms with Crippen LogP contribution in [0.3, 0.4) is 0 Å². The Labute approximate surface area is 71.7 Å². The molecule has 13 heavy (non-hydrogen) atoms. The Balaban J connectivity index is 2.38. The summed E-state index contributed by atoms with van der Waals surface area (Å²) in [6, 6.07) is 0. The van der Waals surface area contributed by atoms with Crippen molar-refractivity contribution in [3.8, 4) is 0 Å². The molecule has 0 spiro atoms. The fourth-order valence-corrected chi connectivity index (χ4v) is 1.57. The monoisotopic (exact) mass is 194 g/mol. The third-order valence-corrected chi connectivity index (χ3v) is 2.18. The number of fused-ring (bicyclic) bond motifs is 1. The highest BCUT2D eigenvalue weighted by atomic mass is 19.3.